The molecule has 0 aliphatic carbocycles. The summed E-state index contributed by atoms with van der Waals surface area (Å²) < 4.78 is 0. The van der Waals surface area contributed by atoms with Crippen LogP contribution in [0.15, 0.2) is 53.4 Å². The van der Waals surface area contributed by atoms with E-state index >= 15 is 0 Å². The van der Waals surface area contributed by atoms with Crippen LogP contribution in [0.25, 0.3) is 0 Å². The maximum Gasteiger partial charge on any atom is 0.255 e. The number of carbonyl (C=O) groups is 1. The molecule has 4 N–H and O–H groups in total. The third-order valence-electron chi connectivity index (χ3n) is 2.81. The summed E-state index contributed by atoms with van der Waals surface area (Å²) in [5.74, 6) is -0.193. The van der Waals surface area contributed by atoms with Crippen LogP contribution in [0.1, 0.15) is 15.9 Å². The van der Waals surface area contributed by atoms with Gasteiger partial charge in [-0.05, 0) is 42.7 Å². The first-order valence-corrected chi connectivity index (χ1v) is 7.22. The largest absolute Gasteiger partial charge is 0.384 e. The van der Waals surface area contributed by atoms with Crippen LogP contribution in [0.2, 0.25) is 0 Å². The van der Waals surface area contributed by atoms with Crippen molar-refractivity contribution in [3.8, 4) is 0 Å². The van der Waals surface area contributed by atoms with Crippen molar-refractivity contribution in [2.75, 3.05) is 11.6 Å². The van der Waals surface area contributed by atoms with E-state index in [1.165, 1.54) is 0 Å². The Morgan fingerprint density at radius 1 is 1.05 bits per heavy atom. The van der Waals surface area contributed by atoms with Gasteiger partial charge in [0.15, 0.2) is 0 Å². The van der Waals surface area contributed by atoms with Crippen molar-refractivity contribution in [1.29, 1.82) is 5.41 Å². The zero-order chi connectivity index (χ0) is 14.5. The number of anilines is 1. The number of benzene rings is 2. The second kappa shape index (κ2) is 6.25. The van der Waals surface area contributed by atoms with Gasteiger partial charge in [0.25, 0.3) is 5.91 Å². The molecule has 0 aliphatic rings. The van der Waals surface area contributed by atoms with Gasteiger partial charge in [-0.2, -0.15) is 0 Å². The lowest BCUT2D eigenvalue weighted by molar-refractivity contribution is 0.102. The number of nitrogens with one attached hydrogen (secondary N) is 2. The van der Waals surface area contributed by atoms with E-state index in [0.717, 1.165) is 10.6 Å². The fourth-order valence-electron chi connectivity index (χ4n) is 1.68. The zero-order valence-corrected chi connectivity index (χ0v) is 11.8. The van der Waals surface area contributed by atoms with E-state index in [1.807, 2.05) is 30.5 Å². The summed E-state index contributed by atoms with van der Waals surface area (Å²) in [6.07, 6.45) is 2.00. The predicted octanol–water partition coefficient (Wildman–Crippen LogP) is 2.94. The molecule has 0 atom stereocenters. The molecule has 0 radical (unpaired) electrons. The molecule has 2 aromatic rings. The van der Waals surface area contributed by atoms with E-state index in [-0.39, 0.29) is 11.7 Å². The Morgan fingerprint density at radius 3 is 2.10 bits per heavy atom. The molecule has 102 valence electrons. The second-order valence-electron chi connectivity index (χ2n) is 4.17. The lowest BCUT2D eigenvalue weighted by Crippen LogP contribution is -2.14. The molecule has 0 heterocycles. The zero-order valence-electron chi connectivity index (χ0n) is 11.0. The van der Waals surface area contributed by atoms with E-state index in [1.54, 1.807) is 36.0 Å². The molecule has 0 bridgehead atoms. The third-order valence-corrected chi connectivity index (χ3v) is 3.55. The van der Waals surface area contributed by atoms with Crippen molar-refractivity contribution < 1.29 is 4.79 Å². The Kier molecular flexibility index (Phi) is 4.42. The summed E-state index contributed by atoms with van der Waals surface area (Å²) in [5, 5.41) is 10.1. The Bertz CT molecular complexity index is 621. The lowest BCUT2D eigenvalue weighted by atomic mass is 10.1. The molecule has 20 heavy (non-hydrogen) atoms. The average Bonchev–Trinajstić information content (AvgIpc) is 2.48. The van der Waals surface area contributed by atoms with Gasteiger partial charge < -0.3 is 11.1 Å². The molecule has 2 rings (SSSR count). The number of amides is 1. The lowest BCUT2D eigenvalue weighted by Gasteiger charge is -2.06. The molecule has 0 fully saturated rings. The van der Waals surface area contributed by atoms with Crippen LogP contribution in [-0.4, -0.2) is 18.0 Å². The number of thioether (sulfide) groups is 1. The topological polar surface area (TPSA) is 79.0 Å². The van der Waals surface area contributed by atoms with Crippen LogP contribution in [0.5, 0.6) is 0 Å². The molecule has 5 heteroatoms. The van der Waals surface area contributed by atoms with Gasteiger partial charge in [0.1, 0.15) is 5.84 Å². The van der Waals surface area contributed by atoms with Crippen molar-refractivity contribution in [2.45, 2.75) is 4.90 Å². The molecular weight excluding hydrogens is 270 g/mol. The fourth-order valence-corrected chi connectivity index (χ4v) is 2.09. The maximum absolute atomic E-state index is 12.0. The number of carbonyl (C=O) groups excluding carboxylic acids is 1. The molecule has 4 nitrogen and oxygen atoms in total. The number of nitrogens with two attached hydrogens (primary N) is 1. The van der Waals surface area contributed by atoms with Crippen molar-refractivity contribution in [2.24, 2.45) is 5.73 Å². The van der Waals surface area contributed by atoms with E-state index in [0.29, 0.717) is 11.1 Å². The molecule has 0 aromatic heterocycles. The van der Waals surface area contributed by atoms with E-state index in [9.17, 15) is 4.79 Å². The van der Waals surface area contributed by atoms with Gasteiger partial charge in [0.2, 0.25) is 0 Å². The predicted molar refractivity (Wildman–Crippen MR) is 83.6 cm³/mol. The quantitative estimate of drug-likeness (QED) is 0.459. The van der Waals surface area contributed by atoms with Gasteiger partial charge in [0.05, 0.1) is 0 Å². The second-order valence-corrected chi connectivity index (χ2v) is 5.05. The van der Waals surface area contributed by atoms with Crippen LogP contribution in [0.4, 0.5) is 5.69 Å². The minimum absolute atomic E-state index is 0.00962. The van der Waals surface area contributed by atoms with E-state index in [4.69, 9.17) is 11.1 Å². The van der Waals surface area contributed by atoms with E-state index in [2.05, 4.69) is 5.32 Å². The minimum Gasteiger partial charge on any atom is -0.384 e. The highest BCUT2D eigenvalue weighted by atomic mass is 32.2. The molecular formula is C15H15N3OS. The number of hydrogen-bond acceptors (Lipinski definition) is 3. The number of rotatable bonds is 4. The molecule has 0 aliphatic heterocycles. The molecule has 0 spiro atoms. The molecule has 0 saturated carbocycles. The standard InChI is InChI=1S/C15H15N3OS/c1-20-13-8-6-12(7-9-13)18-15(19)11-4-2-10(3-5-11)14(16)17/h2-9H,1H3,(H3,16,17)(H,18,19). The van der Waals surface area contributed by atoms with Crippen LogP contribution in [-0.2, 0) is 0 Å². The average molecular weight is 285 g/mol. The normalized spacial score (nSPS) is 10.1. The summed E-state index contributed by atoms with van der Waals surface area (Å²) in [6.45, 7) is 0. The van der Waals surface area contributed by atoms with Gasteiger partial charge in [0, 0.05) is 21.7 Å². The SMILES string of the molecule is CSc1ccc(NC(=O)c2ccc(C(=N)N)cc2)cc1. The third kappa shape index (κ3) is 3.39. The van der Waals surface area contributed by atoms with E-state index < -0.39 is 0 Å². The summed E-state index contributed by atoms with van der Waals surface area (Å²) in [7, 11) is 0. The van der Waals surface area contributed by atoms with Crippen LogP contribution in [0.3, 0.4) is 0 Å². The summed E-state index contributed by atoms with van der Waals surface area (Å²) in [5.41, 5.74) is 7.26. The summed E-state index contributed by atoms with van der Waals surface area (Å²) >= 11 is 1.65. The number of hydrogen-bond donors (Lipinski definition) is 3. The minimum atomic E-state index is -0.183. The monoisotopic (exact) mass is 285 g/mol. The Labute approximate surface area is 121 Å². The van der Waals surface area contributed by atoms with Crippen molar-refractivity contribution in [3.05, 3.63) is 59.7 Å². The summed E-state index contributed by atoms with van der Waals surface area (Å²) in [6, 6.07) is 14.3. The van der Waals surface area contributed by atoms with Gasteiger partial charge >= 0.3 is 0 Å². The highest BCUT2D eigenvalue weighted by molar-refractivity contribution is 7.98. The van der Waals surface area contributed by atoms with Gasteiger partial charge in [-0.15, -0.1) is 11.8 Å². The first-order valence-electron chi connectivity index (χ1n) is 6.00. The van der Waals surface area contributed by atoms with Gasteiger partial charge in [-0.1, -0.05) is 12.1 Å². The molecule has 0 unspecified atom stereocenters. The van der Waals surface area contributed by atoms with Gasteiger partial charge in [-0.3, -0.25) is 10.2 Å². The van der Waals surface area contributed by atoms with Crippen LogP contribution < -0.4 is 11.1 Å². The van der Waals surface area contributed by atoms with Crippen LogP contribution >= 0.6 is 11.8 Å². The first kappa shape index (κ1) is 14.1. The number of amidine groups is 1. The smallest absolute Gasteiger partial charge is 0.255 e. The number of nitrogen functional groups attached to an aromatic ring is 1. The Hall–Kier alpha value is -2.27. The van der Waals surface area contributed by atoms with Gasteiger partial charge in [-0.25, -0.2) is 0 Å². The van der Waals surface area contributed by atoms with Crippen molar-refractivity contribution in [1.82, 2.24) is 0 Å². The molecule has 1 amide bonds. The summed E-state index contributed by atoms with van der Waals surface area (Å²) in [4.78, 5) is 13.2. The van der Waals surface area contributed by atoms with Crippen molar-refractivity contribution >= 4 is 29.2 Å². The highest BCUT2D eigenvalue weighted by Crippen LogP contribution is 2.18. The van der Waals surface area contributed by atoms with Crippen molar-refractivity contribution in [3.63, 3.8) is 0 Å². The fraction of sp³-hybridized carbons (Fsp3) is 0.0667. The Morgan fingerprint density at radius 2 is 1.60 bits per heavy atom. The first-order chi connectivity index (χ1) is 9.60. The maximum atomic E-state index is 12.0. The highest BCUT2D eigenvalue weighted by Gasteiger charge is 2.06. The Balaban J connectivity index is 2.08. The van der Waals surface area contributed by atoms with Crippen LogP contribution in [0, 0.1) is 5.41 Å². The molecule has 0 saturated heterocycles. The molecule has 2 aromatic carbocycles.